The Morgan fingerprint density at radius 2 is 2.36 bits per heavy atom. The van der Waals surface area contributed by atoms with Crippen LogP contribution in [0.5, 0.6) is 0 Å². The second-order valence-electron chi connectivity index (χ2n) is 5.94. The van der Waals surface area contributed by atoms with Gasteiger partial charge in [-0.3, -0.25) is 0 Å². The molecule has 0 bridgehead atoms. The van der Waals surface area contributed by atoms with Gasteiger partial charge in [-0.1, -0.05) is 11.6 Å². The van der Waals surface area contributed by atoms with Gasteiger partial charge >= 0.3 is 0 Å². The first-order chi connectivity index (χ1) is 12.2. The summed E-state index contributed by atoms with van der Waals surface area (Å²) in [7, 11) is 1.91. The minimum Gasteiger partial charge on any atom is -0.357 e. The summed E-state index contributed by atoms with van der Waals surface area (Å²) >= 11 is 6.25. The molecule has 0 spiro atoms. The van der Waals surface area contributed by atoms with Crippen LogP contribution < -0.4 is 15.5 Å². The summed E-state index contributed by atoms with van der Waals surface area (Å²) < 4.78 is 1.87. The fourth-order valence-electron chi connectivity index (χ4n) is 2.79. The van der Waals surface area contributed by atoms with Crippen molar-refractivity contribution in [3.05, 3.63) is 35.5 Å². The van der Waals surface area contributed by atoms with Crippen LogP contribution in [0.15, 0.2) is 29.6 Å². The van der Waals surface area contributed by atoms with Crippen LogP contribution in [0.4, 0.5) is 5.82 Å². The number of aryl methyl sites for hydroxylation is 1. The molecular weight excluding hydrogens is 340 g/mol. The van der Waals surface area contributed by atoms with Crippen LogP contribution in [0.25, 0.3) is 0 Å². The van der Waals surface area contributed by atoms with Gasteiger partial charge in [-0.15, -0.1) is 10.2 Å². The maximum Gasteiger partial charge on any atom is 0.191 e. The molecule has 2 aromatic rings. The van der Waals surface area contributed by atoms with Crippen LogP contribution in [0, 0.1) is 0 Å². The highest BCUT2D eigenvalue weighted by atomic mass is 35.5. The highest BCUT2D eigenvalue weighted by Gasteiger charge is 2.25. The van der Waals surface area contributed by atoms with Gasteiger partial charge in [-0.05, 0) is 25.5 Å². The molecule has 134 valence electrons. The van der Waals surface area contributed by atoms with E-state index in [1.807, 2.05) is 30.7 Å². The second kappa shape index (κ2) is 8.15. The van der Waals surface area contributed by atoms with Crippen LogP contribution in [-0.4, -0.2) is 51.4 Å². The van der Waals surface area contributed by atoms with E-state index in [4.69, 9.17) is 11.6 Å². The zero-order chi connectivity index (χ0) is 17.6. The van der Waals surface area contributed by atoms with Crippen molar-refractivity contribution in [3.8, 4) is 0 Å². The van der Waals surface area contributed by atoms with E-state index >= 15 is 0 Å². The summed E-state index contributed by atoms with van der Waals surface area (Å²) in [6.07, 6.45) is 4.45. The molecule has 0 aliphatic carbocycles. The average Bonchev–Trinajstić information content (AvgIpc) is 3.22. The van der Waals surface area contributed by atoms with Crippen LogP contribution in [-0.2, 0) is 13.6 Å². The number of pyridine rings is 1. The number of guanidine groups is 1. The normalized spacial score (nSPS) is 17.8. The number of anilines is 1. The van der Waals surface area contributed by atoms with Crippen molar-refractivity contribution in [2.75, 3.05) is 24.5 Å². The predicted octanol–water partition coefficient (Wildman–Crippen LogP) is 1.20. The topological polar surface area (TPSA) is 83.3 Å². The van der Waals surface area contributed by atoms with E-state index in [1.54, 1.807) is 12.5 Å². The summed E-state index contributed by atoms with van der Waals surface area (Å²) in [5.41, 5.74) is 0. The molecule has 1 fully saturated rings. The molecule has 1 saturated heterocycles. The fraction of sp³-hybridized carbons (Fsp3) is 0.500. The number of nitrogens with zero attached hydrogens (tertiary/aromatic N) is 6. The summed E-state index contributed by atoms with van der Waals surface area (Å²) in [6, 6.07) is 4.01. The highest BCUT2D eigenvalue weighted by molar-refractivity contribution is 6.32. The van der Waals surface area contributed by atoms with Crippen LogP contribution in [0.3, 0.4) is 0 Å². The predicted molar refractivity (Wildman–Crippen MR) is 98.8 cm³/mol. The van der Waals surface area contributed by atoms with E-state index in [2.05, 4.69) is 35.7 Å². The molecule has 25 heavy (non-hydrogen) atoms. The molecule has 0 aromatic carbocycles. The molecule has 1 aliphatic heterocycles. The molecule has 3 rings (SSSR count). The smallest absolute Gasteiger partial charge is 0.191 e. The van der Waals surface area contributed by atoms with Crippen molar-refractivity contribution in [1.82, 2.24) is 30.4 Å². The highest BCUT2D eigenvalue weighted by Crippen LogP contribution is 2.25. The van der Waals surface area contributed by atoms with Gasteiger partial charge in [0.25, 0.3) is 0 Å². The fourth-order valence-corrected chi connectivity index (χ4v) is 3.03. The largest absolute Gasteiger partial charge is 0.357 e. The van der Waals surface area contributed by atoms with Gasteiger partial charge in [0.15, 0.2) is 11.8 Å². The van der Waals surface area contributed by atoms with E-state index in [0.717, 1.165) is 43.7 Å². The lowest BCUT2D eigenvalue weighted by molar-refractivity contribution is 0.646. The molecule has 2 aromatic heterocycles. The third-order valence-corrected chi connectivity index (χ3v) is 4.39. The van der Waals surface area contributed by atoms with Gasteiger partial charge in [0.2, 0.25) is 0 Å². The second-order valence-corrected chi connectivity index (χ2v) is 6.35. The first kappa shape index (κ1) is 17.5. The standard InChI is InChI=1S/C16H23ClN8/c1-3-18-16(20-9-14-23-21-11-24(14)2)22-12-6-8-25(10-12)15-13(17)5-4-7-19-15/h4-5,7,11-12H,3,6,8-10H2,1-2H3,(H2,18,20,22). The first-order valence-electron chi connectivity index (χ1n) is 8.40. The number of nitrogens with one attached hydrogen (secondary N) is 2. The number of rotatable bonds is 5. The third-order valence-electron chi connectivity index (χ3n) is 4.10. The van der Waals surface area contributed by atoms with Crippen molar-refractivity contribution in [1.29, 1.82) is 0 Å². The van der Waals surface area contributed by atoms with Gasteiger partial charge in [0, 0.05) is 38.9 Å². The Morgan fingerprint density at radius 3 is 3.08 bits per heavy atom. The van der Waals surface area contributed by atoms with Gasteiger partial charge in [0.05, 0.1) is 5.02 Å². The average molecular weight is 363 g/mol. The molecule has 0 radical (unpaired) electrons. The molecule has 3 heterocycles. The molecule has 2 N–H and O–H groups in total. The van der Waals surface area contributed by atoms with Crippen LogP contribution in [0.1, 0.15) is 19.2 Å². The molecule has 9 heteroatoms. The monoisotopic (exact) mass is 362 g/mol. The van der Waals surface area contributed by atoms with Gasteiger partial charge in [0.1, 0.15) is 18.7 Å². The van der Waals surface area contributed by atoms with Crippen molar-refractivity contribution in [2.24, 2.45) is 12.0 Å². The Bertz CT molecular complexity index is 728. The molecular formula is C16H23ClN8. The van der Waals surface area contributed by atoms with Crippen molar-refractivity contribution < 1.29 is 0 Å². The summed E-state index contributed by atoms with van der Waals surface area (Å²) in [4.78, 5) is 11.2. The zero-order valence-electron chi connectivity index (χ0n) is 14.5. The summed E-state index contributed by atoms with van der Waals surface area (Å²) in [6.45, 7) is 5.08. The number of hydrogen-bond acceptors (Lipinski definition) is 5. The number of aromatic nitrogens is 4. The van der Waals surface area contributed by atoms with Crippen molar-refractivity contribution >= 4 is 23.4 Å². The maximum absolute atomic E-state index is 6.25. The summed E-state index contributed by atoms with van der Waals surface area (Å²) in [5.74, 6) is 2.45. The van der Waals surface area contributed by atoms with Crippen LogP contribution >= 0.6 is 11.6 Å². The molecule has 0 saturated carbocycles. The van der Waals surface area contributed by atoms with E-state index in [0.29, 0.717) is 11.6 Å². The lowest BCUT2D eigenvalue weighted by Crippen LogP contribution is -2.44. The SMILES string of the molecule is CCNC(=NCc1nncn1C)NC1CCN(c2ncccc2Cl)C1. The Hall–Kier alpha value is -2.35. The van der Waals surface area contributed by atoms with Crippen molar-refractivity contribution in [2.45, 2.75) is 25.9 Å². The van der Waals surface area contributed by atoms with E-state index in [9.17, 15) is 0 Å². The molecule has 1 unspecified atom stereocenters. The van der Waals surface area contributed by atoms with E-state index in [1.165, 1.54) is 0 Å². The lowest BCUT2D eigenvalue weighted by Gasteiger charge is -2.20. The lowest BCUT2D eigenvalue weighted by atomic mass is 10.3. The quantitative estimate of drug-likeness (QED) is 0.614. The van der Waals surface area contributed by atoms with E-state index in [-0.39, 0.29) is 6.04 Å². The molecule has 0 amide bonds. The summed E-state index contributed by atoms with van der Waals surface area (Å²) in [5, 5.41) is 15.4. The number of halogens is 1. The molecule has 8 nitrogen and oxygen atoms in total. The van der Waals surface area contributed by atoms with Gasteiger partial charge in [-0.25, -0.2) is 9.98 Å². The van der Waals surface area contributed by atoms with Gasteiger partial charge < -0.3 is 20.1 Å². The minimum atomic E-state index is 0.287. The first-order valence-corrected chi connectivity index (χ1v) is 8.78. The molecule has 1 atom stereocenters. The minimum absolute atomic E-state index is 0.287. The maximum atomic E-state index is 6.25. The van der Waals surface area contributed by atoms with Crippen LogP contribution in [0.2, 0.25) is 5.02 Å². The number of aliphatic imine (C=N–C) groups is 1. The Balaban J connectivity index is 1.61. The Morgan fingerprint density at radius 1 is 1.48 bits per heavy atom. The Kier molecular flexibility index (Phi) is 5.70. The van der Waals surface area contributed by atoms with Crippen molar-refractivity contribution in [3.63, 3.8) is 0 Å². The third kappa shape index (κ3) is 4.39. The van der Waals surface area contributed by atoms with Gasteiger partial charge in [-0.2, -0.15) is 0 Å². The molecule has 1 aliphatic rings. The van der Waals surface area contributed by atoms with E-state index < -0.39 is 0 Å². The number of hydrogen-bond donors (Lipinski definition) is 2. The zero-order valence-corrected chi connectivity index (χ0v) is 15.2. The Labute approximate surface area is 152 Å².